The zero-order valence-corrected chi connectivity index (χ0v) is 13.2. The van der Waals surface area contributed by atoms with Crippen LogP contribution in [0.25, 0.3) is 0 Å². The zero-order valence-electron chi connectivity index (χ0n) is 13.2. The van der Waals surface area contributed by atoms with E-state index < -0.39 is 23.4 Å². The van der Waals surface area contributed by atoms with Crippen molar-refractivity contribution in [3.63, 3.8) is 0 Å². The lowest BCUT2D eigenvalue weighted by atomic mass is 10.1. The van der Waals surface area contributed by atoms with Crippen LogP contribution in [0.1, 0.15) is 21.5 Å². The maximum absolute atomic E-state index is 11.9. The van der Waals surface area contributed by atoms with Gasteiger partial charge in [0.25, 0.3) is 11.6 Å². The van der Waals surface area contributed by atoms with Gasteiger partial charge in [-0.25, -0.2) is 4.79 Å². The predicted molar refractivity (Wildman–Crippen MR) is 87.9 cm³/mol. The first kappa shape index (κ1) is 17.1. The van der Waals surface area contributed by atoms with Gasteiger partial charge in [0.05, 0.1) is 10.5 Å². The molecule has 0 fully saturated rings. The largest absolute Gasteiger partial charge is 0.452 e. The van der Waals surface area contributed by atoms with Crippen molar-refractivity contribution in [3.05, 3.63) is 69.3 Å². The molecular weight excluding hydrogens is 312 g/mol. The lowest BCUT2D eigenvalue weighted by molar-refractivity contribution is -0.384. The molecule has 0 bridgehead atoms. The fourth-order valence-electron chi connectivity index (χ4n) is 2.12. The summed E-state index contributed by atoms with van der Waals surface area (Å²) in [7, 11) is 0. The summed E-state index contributed by atoms with van der Waals surface area (Å²) in [5.41, 5.74) is 2.52. The van der Waals surface area contributed by atoms with Crippen molar-refractivity contribution in [3.8, 4) is 0 Å². The molecule has 2 aromatic rings. The third-order valence-electron chi connectivity index (χ3n) is 3.39. The van der Waals surface area contributed by atoms with Crippen LogP contribution in [0.2, 0.25) is 0 Å². The molecular formula is C17H16N2O5. The summed E-state index contributed by atoms with van der Waals surface area (Å²) < 4.78 is 4.92. The second-order valence-corrected chi connectivity index (χ2v) is 5.20. The van der Waals surface area contributed by atoms with E-state index in [1.165, 1.54) is 24.3 Å². The average Bonchev–Trinajstić information content (AvgIpc) is 2.56. The monoisotopic (exact) mass is 328 g/mol. The standard InChI is InChI=1S/C17H16N2O5/c1-11-4-3-5-12(2)16(11)18-15(20)10-24-17(21)13-6-8-14(9-7-13)19(22)23/h3-9H,10H2,1-2H3,(H,18,20). The van der Waals surface area contributed by atoms with Crippen molar-refractivity contribution in [2.75, 3.05) is 11.9 Å². The summed E-state index contributed by atoms with van der Waals surface area (Å²) in [6.07, 6.45) is 0. The van der Waals surface area contributed by atoms with Crippen LogP contribution in [0, 0.1) is 24.0 Å². The number of carbonyl (C=O) groups is 2. The second-order valence-electron chi connectivity index (χ2n) is 5.20. The normalized spacial score (nSPS) is 10.1. The van der Waals surface area contributed by atoms with Gasteiger partial charge >= 0.3 is 5.97 Å². The predicted octanol–water partition coefficient (Wildman–Crippen LogP) is 3.01. The minimum absolute atomic E-state index is 0.126. The SMILES string of the molecule is Cc1cccc(C)c1NC(=O)COC(=O)c1ccc([N+](=O)[O-])cc1. The lowest BCUT2D eigenvalue weighted by Gasteiger charge is -2.11. The van der Waals surface area contributed by atoms with Crippen LogP contribution in [-0.2, 0) is 9.53 Å². The van der Waals surface area contributed by atoms with Crippen molar-refractivity contribution >= 4 is 23.3 Å². The molecule has 0 atom stereocenters. The Hall–Kier alpha value is -3.22. The third-order valence-corrected chi connectivity index (χ3v) is 3.39. The van der Waals surface area contributed by atoms with Gasteiger partial charge in [-0.05, 0) is 37.1 Å². The van der Waals surface area contributed by atoms with Gasteiger partial charge in [-0.1, -0.05) is 18.2 Å². The van der Waals surface area contributed by atoms with Crippen molar-refractivity contribution in [1.82, 2.24) is 0 Å². The first-order valence-corrected chi connectivity index (χ1v) is 7.16. The van der Waals surface area contributed by atoms with E-state index in [-0.39, 0.29) is 11.3 Å². The van der Waals surface area contributed by atoms with E-state index in [1.54, 1.807) is 0 Å². The van der Waals surface area contributed by atoms with E-state index in [1.807, 2.05) is 32.0 Å². The molecule has 0 saturated carbocycles. The van der Waals surface area contributed by atoms with E-state index in [0.29, 0.717) is 5.69 Å². The highest BCUT2D eigenvalue weighted by molar-refractivity contribution is 5.96. The molecule has 124 valence electrons. The molecule has 24 heavy (non-hydrogen) atoms. The molecule has 0 saturated heterocycles. The number of rotatable bonds is 5. The summed E-state index contributed by atoms with van der Waals surface area (Å²) in [6.45, 7) is 3.29. The smallest absolute Gasteiger partial charge is 0.338 e. The molecule has 0 spiro atoms. The highest BCUT2D eigenvalue weighted by Gasteiger charge is 2.13. The molecule has 0 heterocycles. The number of carbonyl (C=O) groups excluding carboxylic acids is 2. The number of non-ortho nitro benzene ring substituents is 1. The van der Waals surface area contributed by atoms with Gasteiger partial charge in [-0.2, -0.15) is 0 Å². The molecule has 0 radical (unpaired) electrons. The highest BCUT2D eigenvalue weighted by Crippen LogP contribution is 2.19. The van der Waals surface area contributed by atoms with Crippen molar-refractivity contribution < 1.29 is 19.2 Å². The zero-order chi connectivity index (χ0) is 17.7. The molecule has 7 heteroatoms. The summed E-state index contributed by atoms with van der Waals surface area (Å²) >= 11 is 0. The summed E-state index contributed by atoms with van der Waals surface area (Å²) in [5.74, 6) is -1.18. The van der Waals surface area contributed by atoms with Gasteiger partial charge < -0.3 is 10.1 Å². The number of anilines is 1. The number of hydrogen-bond donors (Lipinski definition) is 1. The minimum Gasteiger partial charge on any atom is -0.452 e. The molecule has 2 rings (SSSR count). The van der Waals surface area contributed by atoms with Crippen molar-refractivity contribution in [2.45, 2.75) is 13.8 Å². The van der Waals surface area contributed by atoms with Crippen LogP contribution in [0.5, 0.6) is 0 Å². The Kier molecular flexibility index (Phi) is 5.26. The lowest BCUT2D eigenvalue weighted by Crippen LogP contribution is -2.21. The topological polar surface area (TPSA) is 98.5 Å². The van der Waals surface area contributed by atoms with Gasteiger partial charge in [0.2, 0.25) is 0 Å². The molecule has 2 aromatic carbocycles. The number of nitro groups is 1. The Balaban J connectivity index is 1.94. The number of benzene rings is 2. The van der Waals surface area contributed by atoms with E-state index >= 15 is 0 Å². The molecule has 0 aliphatic carbocycles. The molecule has 7 nitrogen and oxygen atoms in total. The van der Waals surface area contributed by atoms with E-state index in [0.717, 1.165) is 11.1 Å². The maximum atomic E-state index is 11.9. The van der Waals surface area contributed by atoms with Crippen molar-refractivity contribution in [1.29, 1.82) is 0 Å². The molecule has 1 N–H and O–H groups in total. The quantitative estimate of drug-likeness (QED) is 0.517. The average molecular weight is 328 g/mol. The molecule has 0 aliphatic rings. The fraction of sp³-hybridized carbons (Fsp3) is 0.176. The van der Waals surface area contributed by atoms with Crippen LogP contribution in [0.3, 0.4) is 0 Å². The number of nitrogens with one attached hydrogen (secondary N) is 1. The van der Waals surface area contributed by atoms with Crippen LogP contribution >= 0.6 is 0 Å². The Labute approximate surface area is 138 Å². The van der Waals surface area contributed by atoms with Gasteiger partial charge in [0.1, 0.15) is 0 Å². The van der Waals surface area contributed by atoms with Gasteiger partial charge in [0, 0.05) is 17.8 Å². The summed E-state index contributed by atoms with van der Waals surface area (Å²) in [6, 6.07) is 10.6. The Bertz CT molecular complexity index is 764. The first-order valence-electron chi connectivity index (χ1n) is 7.16. The number of nitro benzene ring substituents is 1. The van der Waals surface area contributed by atoms with Gasteiger partial charge in [-0.3, -0.25) is 14.9 Å². The van der Waals surface area contributed by atoms with E-state index in [2.05, 4.69) is 5.32 Å². The van der Waals surface area contributed by atoms with E-state index in [4.69, 9.17) is 4.74 Å². The highest BCUT2D eigenvalue weighted by atomic mass is 16.6. The van der Waals surface area contributed by atoms with Gasteiger partial charge in [0.15, 0.2) is 6.61 Å². The van der Waals surface area contributed by atoms with Crippen LogP contribution < -0.4 is 5.32 Å². The van der Waals surface area contributed by atoms with Gasteiger partial charge in [-0.15, -0.1) is 0 Å². The summed E-state index contributed by atoms with van der Waals surface area (Å²) in [4.78, 5) is 33.8. The Morgan fingerprint density at radius 3 is 2.21 bits per heavy atom. The second kappa shape index (κ2) is 7.36. The molecule has 0 unspecified atom stereocenters. The number of esters is 1. The van der Waals surface area contributed by atoms with Crippen LogP contribution in [0.15, 0.2) is 42.5 Å². The molecule has 0 aromatic heterocycles. The van der Waals surface area contributed by atoms with Crippen LogP contribution in [0.4, 0.5) is 11.4 Å². The third kappa shape index (κ3) is 4.16. The van der Waals surface area contributed by atoms with Crippen molar-refractivity contribution in [2.24, 2.45) is 0 Å². The summed E-state index contributed by atoms with van der Waals surface area (Å²) in [5, 5.41) is 13.3. The number of ether oxygens (including phenoxy) is 1. The Morgan fingerprint density at radius 2 is 1.67 bits per heavy atom. The minimum atomic E-state index is -0.721. The first-order chi connectivity index (χ1) is 11.4. The number of para-hydroxylation sites is 1. The number of aryl methyl sites for hydroxylation is 2. The number of nitrogens with zero attached hydrogens (tertiary/aromatic N) is 1. The molecule has 1 amide bonds. The number of amides is 1. The van der Waals surface area contributed by atoms with E-state index in [9.17, 15) is 19.7 Å². The van der Waals surface area contributed by atoms with Crippen LogP contribution in [-0.4, -0.2) is 23.4 Å². The Morgan fingerprint density at radius 1 is 1.08 bits per heavy atom. The fourth-order valence-corrected chi connectivity index (χ4v) is 2.12. The maximum Gasteiger partial charge on any atom is 0.338 e. The molecule has 0 aliphatic heterocycles. The number of hydrogen-bond acceptors (Lipinski definition) is 5.